The molecule has 1 N–H and O–H groups in total. The Labute approximate surface area is 119 Å². The highest BCUT2D eigenvalue weighted by Gasteiger charge is 2.29. The number of halogens is 1. The van der Waals surface area contributed by atoms with Crippen molar-refractivity contribution < 1.29 is 5.11 Å². The van der Waals surface area contributed by atoms with Crippen molar-refractivity contribution in [2.45, 2.75) is 52.9 Å². The Hall–Kier alpha value is -0.350. The molecule has 0 amide bonds. The minimum atomic E-state index is -0.00123. The highest BCUT2D eigenvalue weighted by molar-refractivity contribution is 9.10. The number of aliphatic hydroxyl groups is 1. The van der Waals surface area contributed by atoms with Crippen LogP contribution in [-0.4, -0.2) is 21.5 Å². The van der Waals surface area contributed by atoms with Crippen molar-refractivity contribution >= 4 is 15.9 Å². The Morgan fingerprint density at radius 3 is 2.44 bits per heavy atom. The van der Waals surface area contributed by atoms with Crippen LogP contribution in [0.1, 0.15) is 50.9 Å². The van der Waals surface area contributed by atoms with Crippen molar-refractivity contribution in [3.05, 3.63) is 15.9 Å². The van der Waals surface area contributed by atoms with Crippen LogP contribution in [0.2, 0.25) is 0 Å². The fourth-order valence-electron chi connectivity index (χ4n) is 2.42. The summed E-state index contributed by atoms with van der Waals surface area (Å²) in [4.78, 5) is 0. The molecule has 3 nitrogen and oxygen atoms in total. The maximum absolute atomic E-state index is 9.81. The van der Waals surface area contributed by atoms with Gasteiger partial charge in [-0.3, -0.25) is 4.68 Å². The van der Waals surface area contributed by atoms with Crippen molar-refractivity contribution in [2.75, 3.05) is 6.61 Å². The van der Waals surface area contributed by atoms with E-state index in [4.69, 9.17) is 0 Å². The van der Waals surface area contributed by atoms with Gasteiger partial charge < -0.3 is 5.11 Å². The highest BCUT2D eigenvalue weighted by atomic mass is 79.9. The van der Waals surface area contributed by atoms with Gasteiger partial charge in [0.15, 0.2) is 0 Å². The number of nitrogens with zero attached hydrogens (tertiary/aromatic N) is 2. The molecule has 0 aliphatic rings. The van der Waals surface area contributed by atoms with Gasteiger partial charge in [-0.1, -0.05) is 26.7 Å². The van der Waals surface area contributed by atoms with Gasteiger partial charge in [0.1, 0.15) is 0 Å². The third kappa shape index (κ3) is 3.35. The maximum atomic E-state index is 9.81. The predicted molar refractivity (Wildman–Crippen MR) is 78.7 cm³/mol. The molecule has 1 heterocycles. The molecule has 4 heteroatoms. The largest absolute Gasteiger partial charge is 0.396 e. The summed E-state index contributed by atoms with van der Waals surface area (Å²) in [6.45, 7) is 6.62. The van der Waals surface area contributed by atoms with E-state index in [1.54, 1.807) is 0 Å². The molecule has 18 heavy (non-hydrogen) atoms. The monoisotopic (exact) mass is 316 g/mol. The Morgan fingerprint density at radius 2 is 2.06 bits per heavy atom. The molecule has 0 bridgehead atoms. The number of aliphatic hydroxyl groups excluding tert-OH is 1. The van der Waals surface area contributed by atoms with Gasteiger partial charge in [0.2, 0.25) is 0 Å². The van der Waals surface area contributed by atoms with E-state index < -0.39 is 0 Å². The van der Waals surface area contributed by atoms with Crippen LogP contribution >= 0.6 is 15.9 Å². The van der Waals surface area contributed by atoms with E-state index in [9.17, 15) is 5.11 Å². The Balaban J connectivity index is 2.95. The van der Waals surface area contributed by atoms with E-state index in [1.165, 1.54) is 18.5 Å². The lowest BCUT2D eigenvalue weighted by Crippen LogP contribution is -2.28. The summed E-state index contributed by atoms with van der Waals surface area (Å²) in [7, 11) is 1.98. The van der Waals surface area contributed by atoms with Crippen LogP contribution in [0.3, 0.4) is 0 Å². The number of hydrogen-bond donors (Lipinski definition) is 1. The quantitative estimate of drug-likeness (QED) is 0.834. The molecule has 1 aromatic rings. The second-order valence-corrected chi connectivity index (χ2v) is 6.05. The van der Waals surface area contributed by atoms with Gasteiger partial charge in [-0.05, 0) is 47.5 Å². The molecule has 1 atom stereocenters. The number of hydrogen-bond acceptors (Lipinski definition) is 2. The van der Waals surface area contributed by atoms with Crippen molar-refractivity contribution in [3.8, 4) is 0 Å². The van der Waals surface area contributed by atoms with Gasteiger partial charge in [0, 0.05) is 13.7 Å². The molecule has 1 rings (SSSR count). The summed E-state index contributed by atoms with van der Waals surface area (Å²) in [5.41, 5.74) is 2.21. The molecule has 0 spiro atoms. The third-order valence-corrected chi connectivity index (χ3v) is 4.98. The van der Waals surface area contributed by atoms with Crippen LogP contribution in [0, 0.1) is 12.3 Å². The lowest BCUT2D eigenvalue weighted by atomic mass is 9.77. The summed E-state index contributed by atoms with van der Waals surface area (Å²) in [6.07, 6.45) is 5.31. The predicted octanol–water partition coefficient (Wildman–Crippen LogP) is 3.61. The fraction of sp³-hybridized carbons (Fsp3) is 0.786. The molecule has 1 unspecified atom stereocenters. The minimum absolute atomic E-state index is 0.00123. The number of unbranched alkanes of at least 4 members (excludes halogenated alkanes) is 1. The van der Waals surface area contributed by atoms with Crippen molar-refractivity contribution in [3.63, 3.8) is 0 Å². The normalized spacial score (nSPS) is 14.8. The van der Waals surface area contributed by atoms with Gasteiger partial charge in [-0.2, -0.15) is 5.10 Å². The van der Waals surface area contributed by atoms with E-state index in [-0.39, 0.29) is 12.0 Å². The molecule has 0 saturated heterocycles. The molecule has 0 fully saturated rings. The molecule has 0 aliphatic carbocycles. The van der Waals surface area contributed by atoms with E-state index in [0.717, 1.165) is 29.4 Å². The topological polar surface area (TPSA) is 38.1 Å². The summed E-state index contributed by atoms with van der Waals surface area (Å²) in [5.74, 6) is 0. The second-order valence-electron chi connectivity index (χ2n) is 5.26. The van der Waals surface area contributed by atoms with Crippen LogP contribution in [0.25, 0.3) is 0 Å². The fourth-order valence-corrected chi connectivity index (χ4v) is 2.89. The molecule has 0 aliphatic heterocycles. The Bertz CT molecular complexity index is 383. The van der Waals surface area contributed by atoms with Crippen LogP contribution in [0.15, 0.2) is 4.47 Å². The molecule has 1 aromatic heterocycles. The number of aromatic nitrogens is 2. The summed E-state index contributed by atoms with van der Waals surface area (Å²) < 4.78 is 3.03. The van der Waals surface area contributed by atoms with Crippen molar-refractivity contribution in [2.24, 2.45) is 12.5 Å². The first kappa shape index (κ1) is 15.7. The lowest BCUT2D eigenvalue weighted by Gasteiger charge is -2.31. The van der Waals surface area contributed by atoms with Gasteiger partial charge in [-0.25, -0.2) is 0 Å². The standard InChI is InChI=1S/C14H25BrN2O/c1-5-7-8-14(6-2,10-18)9-12-13(15)11(3)16-17(12)4/h18H,5-10H2,1-4H3. The Morgan fingerprint density at radius 1 is 1.39 bits per heavy atom. The molecular weight excluding hydrogens is 292 g/mol. The van der Waals surface area contributed by atoms with Gasteiger partial charge >= 0.3 is 0 Å². The average Bonchev–Trinajstić information content (AvgIpc) is 2.61. The van der Waals surface area contributed by atoms with Gasteiger partial charge in [0.05, 0.1) is 15.9 Å². The number of aryl methyl sites for hydroxylation is 2. The second kappa shape index (κ2) is 6.71. The number of rotatable bonds is 7. The van der Waals surface area contributed by atoms with Gasteiger partial charge in [-0.15, -0.1) is 0 Å². The molecule has 0 saturated carbocycles. The zero-order chi connectivity index (χ0) is 13.8. The molecular formula is C14H25BrN2O. The van der Waals surface area contributed by atoms with Crippen molar-refractivity contribution in [1.82, 2.24) is 9.78 Å². The van der Waals surface area contributed by atoms with E-state index >= 15 is 0 Å². The van der Waals surface area contributed by atoms with E-state index in [2.05, 4.69) is 34.9 Å². The first-order valence-corrected chi connectivity index (χ1v) is 7.57. The van der Waals surface area contributed by atoms with Crippen LogP contribution in [0.4, 0.5) is 0 Å². The summed E-state index contributed by atoms with van der Waals surface area (Å²) >= 11 is 3.62. The van der Waals surface area contributed by atoms with Crippen LogP contribution < -0.4 is 0 Å². The molecule has 0 radical (unpaired) electrons. The highest BCUT2D eigenvalue weighted by Crippen LogP contribution is 2.35. The first-order valence-electron chi connectivity index (χ1n) is 6.78. The minimum Gasteiger partial charge on any atom is -0.396 e. The Kier molecular flexibility index (Phi) is 5.86. The summed E-state index contributed by atoms with van der Waals surface area (Å²) in [6, 6.07) is 0. The first-order chi connectivity index (χ1) is 8.49. The smallest absolute Gasteiger partial charge is 0.0738 e. The maximum Gasteiger partial charge on any atom is 0.0738 e. The zero-order valence-corrected chi connectivity index (χ0v) is 13.5. The van der Waals surface area contributed by atoms with Crippen LogP contribution in [0.5, 0.6) is 0 Å². The average molecular weight is 317 g/mol. The van der Waals surface area contributed by atoms with E-state index in [0.29, 0.717) is 0 Å². The summed E-state index contributed by atoms with van der Waals surface area (Å²) in [5, 5.41) is 14.2. The van der Waals surface area contributed by atoms with Crippen LogP contribution in [-0.2, 0) is 13.5 Å². The third-order valence-electron chi connectivity index (χ3n) is 3.95. The molecule has 0 aromatic carbocycles. The van der Waals surface area contributed by atoms with E-state index in [1.807, 2.05) is 18.7 Å². The van der Waals surface area contributed by atoms with Gasteiger partial charge in [0.25, 0.3) is 0 Å². The lowest BCUT2D eigenvalue weighted by molar-refractivity contribution is 0.105. The molecule has 104 valence electrons. The van der Waals surface area contributed by atoms with Crippen molar-refractivity contribution in [1.29, 1.82) is 0 Å². The SMILES string of the molecule is CCCCC(CC)(CO)Cc1c(Br)c(C)nn1C. The zero-order valence-electron chi connectivity index (χ0n) is 12.0.